The van der Waals surface area contributed by atoms with E-state index in [0.29, 0.717) is 12.5 Å². The smallest absolute Gasteiger partial charge is 0.281 e. The fraction of sp³-hybridized carbons (Fsp3) is 0.267. The normalized spacial score (nSPS) is 11.5. The van der Waals surface area contributed by atoms with Gasteiger partial charge in [0.1, 0.15) is 5.69 Å². The van der Waals surface area contributed by atoms with Gasteiger partial charge >= 0.3 is 0 Å². The van der Waals surface area contributed by atoms with E-state index in [1.54, 1.807) is 4.57 Å². The highest BCUT2D eigenvalue weighted by Gasteiger charge is 2.22. The highest BCUT2D eigenvalue weighted by atomic mass is 32.2. The lowest BCUT2D eigenvalue weighted by molar-refractivity contribution is 0.522. The standard InChI is InChI=1S/C15H15F2N3O2S/c1-4-11-5-12(16)15(13(17)6-11)19-23(21,22)14-8-20(9-18-14)7-10(2)3/h1,5-6,8-10,19H,7H2,2-3H3. The van der Waals surface area contributed by atoms with Crippen LogP contribution < -0.4 is 4.72 Å². The van der Waals surface area contributed by atoms with Crippen molar-refractivity contribution in [1.82, 2.24) is 9.55 Å². The maximum Gasteiger partial charge on any atom is 0.281 e. The van der Waals surface area contributed by atoms with Crippen molar-refractivity contribution in [2.24, 2.45) is 5.92 Å². The minimum Gasteiger partial charge on any atom is -0.336 e. The van der Waals surface area contributed by atoms with Crippen LogP contribution in [0.1, 0.15) is 19.4 Å². The third kappa shape index (κ3) is 3.87. The number of terminal acetylenes is 1. The lowest BCUT2D eigenvalue weighted by Crippen LogP contribution is -2.16. The summed E-state index contributed by atoms with van der Waals surface area (Å²) in [6.45, 7) is 4.50. The van der Waals surface area contributed by atoms with Crippen molar-refractivity contribution in [3.05, 3.63) is 41.9 Å². The summed E-state index contributed by atoms with van der Waals surface area (Å²) in [7, 11) is -4.21. The molecule has 23 heavy (non-hydrogen) atoms. The molecule has 0 radical (unpaired) electrons. The van der Waals surface area contributed by atoms with Gasteiger partial charge in [0.25, 0.3) is 10.0 Å². The fourth-order valence-electron chi connectivity index (χ4n) is 1.94. The van der Waals surface area contributed by atoms with Gasteiger partial charge in [0.05, 0.1) is 6.33 Å². The van der Waals surface area contributed by atoms with Crippen molar-refractivity contribution < 1.29 is 17.2 Å². The number of benzene rings is 1. The van der Waals surface area contributed by atoms with E-state index in [0.717, 1.165) is 12.1 Å². The molecule has 0 bridgehead atoms. The second-order valence-electron chi connectivity index (χ2n) is 5.37. The first-order valence-electron chi connectivity index (χ1n) is 6.73. The molecule has 0 spiro atoms. The molecule has 0 fully saturated rings. The van der Waals surface area contributed by atoms with E-state index in [1.807, 2.05) is 18.6 Å². The number of imidazole rings is 1. The molecule has 0 unspecified atom stereocenters. The highest BCUT2D eigenvalue weighted by molar-refractivity contribution is 7.92. The predicted molar refractivity (Wildman–Crippen MR) is 82.2 cm³/mol. The number of aromatic nitrogens is 2. The van der Waals surface area contributed by atoms with Crippen LogP contribution in [0.4, 0.5) is 14.5 Å². The van der Waals surface area contributed by atoms with Crippen LogP contribution in [0.15, 0.2) is 29.7 Å². The molecule has 2 aromatic rings. The number of halogens is 2. The molecule has 1 aromatic heterocycles. The molecule has 5 nitrogen and oxygen atoms in total. The summed E-state index contributed by atoms with van der Waals surface area (Å²) in [6.07, 6.45) is 7.71. The molecule has 0 atom stereocenters. The zero-order chi connectivity index (χ0) is 17.2. The molecule has 0 aliphatic rings. The Morgan fingerprint density at radius 1 is 1.35 bits per heavy atom. The van der Waals surface area contributed by atoms with Crippen LogP contribution in [-0.2, 0) is 16.6 Å². The second-order valence-corrected chi connectivity index (χ2v) is 7.00. The zero-order valence-electron chi connectivity index (χ0n) is 12.5. The van der Waals surface area contributed by atoms with Crippen LogP contribution in [0.3, 0.4) is 0 Å². The summed E-state index contributed by atoms with van der Waals surface area (Å²) < 4.78 is 55.5. The first kappa shape index (κ1) is 17.0. The molecule has 2 rings (SSSR count). The maximum absolute atomic E-state index is 13.8. The Hall–Kier alpha value is -2.40. The molecule has 0 saturated heterocycles. The van der Waals surface area contributed by atoms with Crippen LogP contribution in [0, 0.1) is 29.9 Å². The summed E-state index contributed by atoms with van der Waals surface area (Å²) >= 11 is 0. The van der Waals surface area contributed by atoms with E-state index < -0.39 is 27.3 Å². The summed E-state index contributed by atoms with van der Waals surface area (Å²) in [5.41, 5.74) is -0.813. The van der Waals surface area contributed by atoms with Crippen LogP contribution in [0.25, 0.3) is 0 Å². The average molecular weight is 339 g/mol. The highest BCUT2D eigenvalue weighted by Crippen LogP contribution is 2.23. The van der Waals surface area contributed by atoms with Gasteiger partial charge in [-0.15, -0.1) is 6.42 Å². The third-order valence-electron chi connectivity index (χ3n) is 2.91. The molecule has 0 aliphatic carbocycles. The number of rotatable bonds is 5. The van der Waals surface area contributed by atoms with Gasteiger partial charge in [-0.25, -0.2) is 13.8 Å². The van der Waals surface area contributed by atoms with E-state index in [1.165, 1.54) is 12.5 Å². The molecule has 8 heteroatoms. The summed E-state index contributed by atoms with van der Waals surface area (Å²) in [4.78, 5) is 3.77. The number of hydrogen-bond acceptors (Lipinski definition) is 3. The average Bonchev–Trinajstić information content (AvgIpc) is 2.91. The van der Waals surface area contributed by atoms with Gasteiger partial charge in [0.2, 0.25) is 0 Å². The van der Waals surface area contributed by atoms with Crippen LogP contribution >= 0.6 is 0 Å². The Labute approximate surface area is 133 Å². The Bertz CT molecular complexity index is 844. The van der Waals surface area contributed by atoms with Crippen molar-refractivity contribution in [2.45, 2.75) is 25.4 Å². The largest absolute Gasteiger partial charge is 0.336 e. The SMILES string of the molecule is C#Cc1cc(F)c(NS(=O)(=O)c2cn(CC(C)C)cn2)c(F)c1. The Kier molecular flexibility index (Phi) is 4.71. The molecule has 122 valence electrons. The fourth-order valence-corrected chi connectivity index (χ4v) is 2.97. The summed E-state index contributed by atoms with van der Waals surface area (Å²) in [5.74, 6) is 0.181. The zero-order valence-corrected chi connectivity index (χ0v) is 13.4. The molecule has 0 aliphatic heterocycles. The van der Waals surface area contributed by atoms with Gasteiger partial charge in [-0.05, 0) is 18.1 Å². The topological polar surface area (TPSA) is 64.0 Å². The molecular weight excluding hydrogens is 324 g/mol. The first-order valence-corrected chi connectivity index (χ1v) is 8.21. The van der Waals surface area contributed by atoms with Crippen molar-refractivity contribution in [3.8, 4) is 12.3 Å². The quantitative estimate of drug-likeness (QED) is 0.852. The van der Waals surface area contributed by atoms with Gasteiger partial charge in [-0.1, -0.05) is 19.8 Å². The summed E-state index contributed by atoms with van der Waals surface area (Å²) in [5, 5.41) is -0.321. The molecule has 0 amide bonds. The van der Waals surface area contributed by atoms with E-state index >= 15 is 0 Å². The first-order chi connectivity index (χ1) is 10.7. The third-order valence-corrected chi connectivity index (χ3v) is 4.14. The molecule has 1 heterocycles. The lowest BCUT2D eigenvalue weighted by atomic mass is 10.2. The minimum absolute atomic E-state index is 0.0239. The lowest BCUT2D eigenvalue weighted by Gasteiger charge is -2.09. The van der Waals surface area contributed by atoms with Gasteiger partial charge in [-0.2, -0.15) is 8.42 Å². The van der Waals surface area contributed by atoms with Crippen molar-refractivity contribution in [1.29, 1.82) is 0 Å². The number of anilines is 1. The second kappa shape index (κ2) is 6.38. The monoisotopic (exact) mass is 339 g/mol. The minimum atomic E-state index is -4.21. The molecule has 1 aromatic carbocycles. The van der Waals surface area contributed by atoms with Crippen molar-refractivity contribution in [3.63, 3.8) is 0 Å². The van der Waals surface area contributed by atoms with Crippen LogP contribution in [0.5, 0.6) is 0 Å². The number of nitrogens with zero attached hydrogens (tertiary/aromatic N) is 2. The van der Waals surface area contributed by atoms with Crippen LogP contribution in [-0.4, -0.2) is 18.0 Å². The molecule has 1 N–H and O–H groups in total. The Morgan fingerprint density at radius 2 is 1.96 bits per heavy atom. The van der Waals surface area contributed by atoms with Crippen molar-refractivity contribution >= 4 is 15.7 Å². The van der Waals surface area contributed by atoms with Gasteiger partial charge < -0.3 is 4.57 Å². The number of hydrogen-bond donors (Lipinski definition) is 1. The van der Waals surface area contributed by atoms with E-state index in [-0.39, 0.29) is 10.6 Å². The predicted octanol–water partition coefficient (Wildman–Crippen LogP) is 2.60. The van der Waals surface area contributed by atoms with Crippen molar-refractivity contribution in [2.75, 3.05) is 4.72 Å². The molecule has 0 saturated carbocycles. The number of nitrogens with one attached hydrogen (secondary N) is 1. The van der Waals surface area contributed by atoms with Gasteiger partial charge in [0, 0.05) is 18.3 Å². The van der Waals surface area contributed by atoms with Gasteiger partial charge in [0.15, 0.2) is 16.7 Å². The van der Waals surface area contributed by atoms with E-state index in [9.17, 15) is 17.2 Å². The van der Waals surface area contributed by atoms with E-state index in [2.05, 4.69) is 10.9 Å². The van der Waals surface area contributed by atoms with Crippen LogP contribution in [0.2, 0.25) is 0 Å². The maximum atomic E-state index is 13.8. The molecular formula is C15H15F2N3O2S. The Balaban J connectivity index is 2.32. The van der Waals surface area contributed by atoms with Gasteiger partial charge in [-0.3, -0.25) is 4.72 Å². The Morgan fingerprint density at radius 3 is 2.48 bits per heavy atom. The number of sulfonamides is 1. The summed E-state index contributed by atoms with van der Waals surface area (Å²) in [6, 6.07) is 1.75. The van der Waals surface area contributed by atoms with E-state index in [4.69, 9.17) is 6.42 Å².